The Hall–Kier alpha value is -1.95. The van der Waals surface area contributed by atoms with E-state index in [2.05, 4.69) is 10.2 Å². The van der Waals surface area contributed by atoms with Crippen LogP contribution in [0.3, 0.4) is 0 Å². The second-order valence-electron chi connectivity index (χ2n) is 3.47. The molecule has 0 atom stereocenters. The molecule has 0 spiro atoms. The van der Waals surface area contributed by atoms with Crippen LogP contribution in [-0.4, -0.2) is 21.3 Å². The number of hydrogen-bond donors (Lipinski definition) is 1. The monoisotopic (exact) mass is 250 g/mol. The van der Waals surface area contributed by atoms with Crippen molar-refractivity contribution in [2.75, 3.05) is 0 Å². The maximum Gasteiger partial charge on any atom is 0.335 e. The van der Waals surface area contributed by atoms with Gasteiger partial charge in [-0.05, 0) is 37.6 Å². The number of nitrogens with zero attached hydrogens (tertiary/aromatic N) is 2. The van der Waals surface area contributed by atoms with Crippen molar-refractivity contribution in [2.45, 2.75) is 13.8 Å². The molecule has 0 bridgehead atoms. The van der Waals surface area contributed by atoms with Gasteiger partial charge in [-0.25, -0.2) is 4.79 Å². The molecule has 1 aromatic carbocycles. The second-order valence-corrected chi connectivity index (χ2v) is 4.62. The number of carboxylic acid groups (broad SMARTS) is 1. The first-order valence-corrected chi connectivity index (χ1v) is 5.70. The summed E-state index contributed by atoms with van der Waals surface area (Å²) in [5, 5.41) is 17.8. The van der Waals surface area contributed by atoms with Crippen molar-refractivity contribution in [3.63, 3.8) is 0 Å². The van der Waals surface area contributed by atoms with Gasteiger partial charge in [-0.2, -0.15) is 0 Å². The maximum absolute atomic E-state index is 10.8. The summed E-state index contributed by atoms with van der Waals surface area (Å²) in [5.41, 5.74) is 0.987. The quantitative estimate of drug-likeness (QED) is 0.906. The second kappa shape index (κ2) is 4.50. The lowest BCUT2D eigenvalue weighted by Gasteiger charge is -2.05. The highest BCUT2D eigenvalue weighted by Crippen LogP contribution is 2.27. The number of rotatable bonds is 3. The molecule has 0 aliphatic heterocycles. The number of aromatic carboxylic acids is 1. The molecule has 5 nitrogen and oxygen atoms in total. The molecular formula is C11H10N2O3S. The number of aromatic nitrogens is 2. The van der Waals surface area contributed by atoms with Gasteiger partial charge in [0.25, 0.3) is 5.19 Å². The first-order chi connectivity index (χ1) is 8.06. The van der Waals surface area contributed by atoms with E-state index in [-0.39, 0.29) is 5.56 Å². The number of carboxylic acids is 1. The van der Waals surface area contributed by atoms with Crippen LogP contribution in [0, 0.1) is 13.8 Å². The summed E-state index contributed by atoms with van der Waals surface area (Å²) < 4.78 is 5.52. The molecule has 0 radical (unpaired) electrons. The summed E-state index contributed by atoms with van der Waals surface area (Å²) in [7, 11) is 0. The minimum absolute atomic E-state index is 0.239. The highest BCUT2D eigenvalue weighted by atomic mass is 32.1. The van der Waals surface area contributed by atoms with Gasteiger partial charge >= 0.3 is 5.97 Å². The van der Waals surface area contributed by atoms with Gasteiger partial charge in [0.1, 0.15) is 10.8 Å². The van der Waals surface area contributed by atoms with E-state index in [1.807, 2.05) is 6.92 Å². The summed E-state index contributed by atoms with van der Waals surface area (Å²) in [6.07, 6.45) is 0. The molecule has 0 fully saturated rings. The van der Waals surface area contributed by atoms with E-state index in [1.165, 1.54) is 17.4 Å². The third-order valence-electron chi connectivity index (χ3n) is 2.13. The van der Waals surface area contributed by atoms with Crippen LogP contribution in [0.5, 0.6) is 10.9 Å². The molecule has 17 heavy (non-hydrogen) atoms. The Bertz CT molecular complexity index is 566. The van der Waals surface area contributed by atoms with Gasteiger partial charge < -0.3 is 9.84 Å². The predicted molar refractivity (Wildman–Crippen MR) is 62.9 cm³/mol. The molecular weight excluding hydrogens is 240 g/mol. The highest BCUT2D eigenvalue weighted by molar-refractivity contribution is 7.13. The van der Waals surface area contributed by atoms with E-state index in [0.717, 1.165) is 10.6 Å². The van der Waals surface area contributed by atoms with E-state index >= 15 is 0 Å². The summed E-state index contributed by atoms with van der Waals surface area (Å²) in [4.78, 5) is 10.8. The molecule has 88 valence electrons. The molecule has 0 saturated carbocycles. The number of hydrogen-bond acceptors (Lipinski definition) is 5. The third-order valence-corrected chi connectivity index (χ3v) is 2.84. The SMILES string of the molecule is Cc1nnc(Oc2ccc(C(=O)O)cc2C)s1. The lowest BCUT2D eigenvalue weighted by molar-refractivity contribution is 0.0697. The zero-order valence-corrected chi connectivity index (χ0v) is 10.1. The fourth-order valence-electron chi connectivity index (χ4n) is 1.31. The summed E-state index contributed by atoms with van der Waals surface area (Å²) in [6.45, 7) is 3.63. The Kier molecular flexibility index (Phi) is 3.06. The van der Waals surface area contributed by atoms with Crippen LogP contribution in [0.1, 0.15) is 20.9 Å². The summed E-state index contributed by atoms with van der Waals surface area (Å²) in [6, 6.07) is 4.68. The van der Waals surface area contributed by atoms with E-state index in [4.69, 9.17) is 9.84 Å². The van der Waals surface area contributed by atoms with Crippen molar-refractivity contribution in [1.82, 2.24) is 10.2 Å². The fourth-order valence-corrected chi connectivity index (χ4v) is 1.86. The predicted octanol–water partition coefficient (Wildman–Crippen LogP) is 2.65. The zero-order valence-electron chi connectivity index (χ0n) is 9.30. The molecule has 2 aromatic rings. The smallest absolute Gasteiger partial charge is 0.335 e. The third kappa shape index (κ3) is 2.59. The molecule has 0 amide bonds. The number of benzene rings is 1. The Labute approximate surface area is 102 Å². The van der Waals surface area contributed by atoms with E-state index in [1.54, 1.807) is 19.1 Å². The maximum atomic E-state index is 10.8. The van der Waals surface area contributed by atoms with Crippen molar-refractivity contribution >= 4 is 17.3 Å². The fraction of sp³-hybridized carbons (Fsp3) is 0.182. The van der Waals surface area contributed by atoms with E-state index < -0.39 is 5.97 Å². The Balaban J connectivity index is 2.25. The Morgan fingerprint density at radius 2 is 2.12 bits per heavy atom. The number of ether oxygens (including phenoxy) is 1. The topological polar surface area (TPSA) is 72.3 Å². The molecule has 0 aliphatic rings. The van der Waals surface area contributed by atoms with E-state index in [9.17, 15) is 4.79 Å². The van der Waals surface area contributed by atoms with Gasteiger partial charge in [-0.15, -0.1) is 5.10 Å². The largest absolute Gasteiger partial charge is 0.478 e. The Morgan fingerprint density at radius 3 is 2.65 bits per heavy atom. The first-order valence-electron chi connectivity index (χ1n) is 4.88. The van der Waals surface area contributed by atoms with Crippen molar-refractivity contribution in [3.8, 4) is 10.9 Å². The molecule has 1 aromatic heterocycles. The average molecular weight is 250 g/mol. The lowest BCUT2D eigenvalue weighted by Crippen LogP contribution is -1.97. The van der Waals surface area contributed by atoms with Gasteiger partial charge in [0, 0.05) is 0 Å². The zero-order chi connectivity index (χ0) is 12.4. The van der Waals surface area contributed by atoms with Gasteiger partial charge in [-0.1, -0.05) is 16.4 Å². The van der Waals surface area contributed by atoms with Crippen LogP contribution in [0.4, 0.5) is 0 Å². The van der Waals surface area contributed by atoms with Crippen LogP contribution in [0.2, 0.25) is 0 Å². The van der Waals surface area contributed by atoms with Crippen LogP contribution in [0.25, 0.3) is 0 Å². The van der Waals surface area contributed by atoms with Crippen LogP contribution in [0.15, 0.2) is 18.2 Å². The normalized spacial score (nSPS) is 10.2. The van der Waals surface area contributed by atoms with Crippen LogP contribution in [-0.2, 0) is 0 Å². The lowest BCUT2D eigenvalue weighted by atomic mass is 10.1. The Morgan fingerprint density at radius 1 is 1.35 bits per heavy atom. The molecule has 0 aliphatic carbocycles. The van der Waals surface area contributed by atoms with Crippen LogP contribution < -0.4 is 4.74 Å². The van der Waals surface area contributed by atoms with Crippen LogP contribution >= 0.6 is 11.3 Å². The van der Waals surface area contributed by atoms with Gasteiger partial charge in [0.05, 0.1) is 5.56 Å². The number of aryl methyl sites for hydroxylation is 2. The van der Waals surface area contributed by atoms with Crippen molar-refractivity contribution in [3.05, 3.63) is 34.3 Å². The van der Waals surface area contributed by atoms with Gasteiger partial charge in [0.15, 0.2) is 0 Å². The minimum atomic E-state index is -0.952. The van der Waals surface area contributed by atoms with Crippen molar-refractivity contribution < 1.29 is 14.6 Å². The standard InChI is InChI=1S/C11H10N2O3S/c1-6-5-8(10(14)15)3-4-9(6)16-11-13-12-7(2)17-11/h3-5H,1-2H3,(H,14,15). The summed E-state index contributed by atoms with van der Waals surface area (Å²) in [5.74, 6) is -0.363. The molecule has 0 saturated heterocycles. The highest BCUT2D eigenvalue weighted by Gasteiger charge is 2.09. The molecule has 1 heterocycles. The molecule has 0 unspecified atom stereocenters. The molecule has 1 N–H and O–H groups in total. The molecule has 2 rings (SSSR count). The molecule has 6 heteroatoms. The number of carbonyl (C=O) groups is 1. The van der Waals surface area contributed by atoms with Crippen molar-refractivity contribution in [2.24, 2.45) is 0 Å². The van der Waals surface area contributed by atoms with Crippen molar-refractivity contribution in [1.29, 1.82) is 0 Å². The first kappa shape index (κ1) is 11.5. The van der Waals surface area contributed by atoms with E-state index in [0.29, 0.717) is 10.9 Å². The van der Waals surface area contributed by atoms with Gasteiger partial charge in [-0.3, -0.25) is 0 Å². The summed E-state index contributed by atoms with van der Waals surface area (Å²) >= 11 is 1.34. The minimum Gasteiger partial charge on any atom is -0.478 e. The average Bonchev–Trinajstić information content (AvgIpc) is 2.67. The van der Waals surface area contributed by atoms with Gasteiger partial charge in [0.2, 0.25) is 0 Å².